The van der Waals surface area contributed by atoms with Crippen molar-refractivity contribution in [3.05, 3.63) is 23.9 Å². The number of anilines is 1. The molecule has 0 bridgehead atoms. The molecule has 3 rings (SSSR count). The minimum absolute atomic E-state index is 0.0566. The first-order chi connectivity index (χ1) is 9.69. The van der Waals surface area contributed by atoms with Crippen molar-refractivity contribution in [3.63, 3.8) is 0 Å². The molecule has 0 aliphatic carbocycles. The van der Waals surface area contributed by atoms with E-state index < -0.39 is 0 Å². The Morgan fingerprint density at radius 3 is 3.05 bits per heavy atom. The van der Waals surface area contributed by atoms with E-state index in [-0.39, 0.29) is 11.9 Å². The molecule has 3 heterocycles. The van der Waals surface area contributed by atoms with Crippen LogP contribution in [0, 0.1) is 0 Å². The van der Waals surface area contributed by atoms with Crippen LogP contribution in [0.1, 0.15) is 30.3 Å². The van der Waals surface area contributed by atoms with E-state index in [9.17, 15) is 4.79 Å². The second-order valence-corrected chi connectivity index (χ2v) is 5.76. The average molecular weight is 274 g/mol. The predicted octanol–water partition coefficient (Wildman–Crippen LogP) is 1.43. The van der Waals surface area contributed by atoms with Crippen molar-refractivity contribution in [3.8, 4) is 0 Å². The van der Waals surface area contributed by atoms with Gasteiger partial charge in [0.1, 0.15) is 11.5 Å². The third-order valence-corrected chi connectivity index (χ3v) is 4.42. The van der Waals surface area contributed by atoms with E-state index in [2.05, 4.69) is 22.1 Å². The van der Waals surface area contributed by atoms with E-state index in [4.69, 9.17) is 0 Å². The van der Waals surface area contributed by atoms with Gasteiger partial charge in [0.05, 0.1) is 0 Å². The maximum atomic E-state index is 12.7. The number of nitrogens with zero attached hydrogens (tertiary/aromatic N) is 3. The normalized spacial score (nSPS) is 26.4. The molecule has 2 fully saturated rings. The topological polar surface area (TPSA) is 48.5 Å². The second kappa shape index (κ2) is 5.40. The summed E-state index contributed by atoms with van der Waals surface area (Å²) in [5.74, 6) is 0.796. The zero-order chi connectivity index (χ0) is 14.1. The summed E-state index contributed by atoms with van der Waals surface area (Å²) in [6, 6.07) is 6.36. The van der Waals surface area contributed by atoms with E-state index in [0.717, 1.165) is 18.9 Å². The number of hydrogen-bond donors (Lipinski definition) is 1. The zero-order valence-corrected chi connectivity index (χ0v) is 12.2. The van der Waals surface area contributed by atoms with Gasteiger partial charge in [0, 0.05) is 32.2 Å². The molecule has 0 saturated carbocycles. The molecular weight excluding hydrogens is 252 g/mol. The monoisotopic (exact) mass is 274 g/mol. The Balaban J connectivity index is 1.78. The summed E-state index contributed by atoms with van der Waals surface area (Å²) in [6.45, 7) is 5.15. The highest BCUT2D eigenvalue weighted by Gasteiger charge is 2.36. The zero-order valence-electron chi connectivity index (χ0n) is 12.2. The van der Waals surface area contributed by atoms with Crippen LogP contribution in [0.5, 0.6) is 0 Å². The Morgan fingerprint density at radius 2 is 2.25 bits per heavy atom. The van der Waals surface area contributed by atoms with Crippen molar-refractivity contribution >= 4 is 11.7 Å². The van der Waals surface area contributed by atoms with Gasteiger partial charge in [-0.2, -0.15) is 0 Å². The Morgan fingerprint density at radius 1 is 1.40 bits per heavy atom. The first-order valence-corrected chi connectivity index (χ1v) is 7.39. The number of piperazine rings is 1. The van der Waals surface area contributed by atoms with Crippen molar-refractivity contribution in [1.29, 1.82) is 0 Å². The molecule has 0 aromatic carbocycles. The lowest BCUT2D eigenvalue weighted by atomic mass is 10.1. The number of aromatic nitrogens is 1. The number of fused-ring (bicyclic) bond motifs is 1. The molecule has 2 aliphatic heterocycles. The third kappa shape index (κ3) is 2.38. The molecule has 2 aliphatic rings. The van der Waals surface area contributed by atoms with Crippen LogP contribution in [0.3, 0.4) is 0 Å². The minimum Gasteiger partial charge on any atom is -0.373 e. The molecule has 108 valence electrons. The molecule has 1 amide bonds. The molecule has 1 aromatic heterocycles. The van der Waals surface area contributed by atoms with E-state index in [0.29, 0.717) is 11.7 Å². The quantitative estimate of drug-likeness (QED) is 0.886. The molecule has 5 heteroatoms. The highest BCUT2D eigenvalue weighted by molar-refractivity contribution is 5.93. The van der Waals surface area contributed by atoms with Crippen molar-refractivity contribution in [2.75, 3.05) is 32.0 Å². The van der Waals surface area contributed by atoms with Gasteiger partial charge < -0.3 is 10.2 Å². The Kier molecular flexibility index (Phi) is 3.61. The van der Waals surface area contributed by atoms with Crippen LogP contribution in [0.2, 0.25) is 0 Å². The summed E-state index contributed by atoms with van der Waals surface area (Å²) in [5.41, 5.74) is 0.537. The molecule has 1 aromatic rings. The van der Waals surface area contributed by atoms with E-state index >= 15 is 0 Å². The number of carbonyl (C=O) groups excluding carboxylic acids is 1. The van der Waals surface area contributed by atoms with Gasteiger partial charge in [-0.05, 0) is 38.4 Å². The summed E-state index contributed by atoms with van der Waals surface area (Å²) in [4.78, 5) is 21.6. The fraction of sp³-hybridized carbons (Fsp3) is 0.600. The standard InChI is InChI=1S/C15H22N4O/c1-11-9-18-8-4-5-12(18)10-19(11)15(20)13-6-3-7-14(16-2)17-13/h3,6-7,11-12H,4-5,8-10H2,1-2H3,(H,16,17). The van der Waals surface area contributed by atoms with Gasteiger partial charge in [-0.25, -0.2) is 4.98 Å². The number of carbonyl (C=O) groups is 1. The highest BCUT2D eigenvalue weighted by Crippen LogP contribution is 2.25. The van der Waals surface area contributed by atoms with Crippen LogP contribution in [-0.2, 0) is 0 Å². The smallest absolute Gasteiger partial charge is 0.272 e. The number of hydrogen-bond acceptors (Lipinski definition) is 4. The van der Waals surface area contributed by atoms with Crippen molar-refractivity contribution < 1.29 is 4.79 Å². The molecule has 2 saturated heterocycles. The molecule has 0 spiro atoms. The predicted molar refractivity (Wildman–Crippen MR) is 78.9 cm³/mol. The first-order valence-electron chi connectivity index (χ1n) is 7.39. The van der Waals surface area contributed by atoms with Crippen LogP contribution in [0.25, 0.3) is 0 Å². The summed E-state index contributed by atoms with van der Waals surface area (Å²) in [7, 11) is 1.82. The molecule has 2 atom stereocenters. The maximum absolute atomic E-state index is 12.7. The van der Waals surface area contributed by atoms with Crippen LogP contribution >= 0.6 is 0 Å². The molecule has 5 nitrogen and oxygen atoms in total. The van der Waals surface area contributed by atoms with Crippen molar-refractivity contribution in [2.24, 2.45) is 0 Å². The van der Waals surface area contributed by atoms with Gasteiger partial charge in [0.2, 0.25) is 0 Å². The van der Waals surface area contributed by atoms with Crippen LogP contribution in [0.4, 0.5) is 5.82 Å². The van der Waals surface area contributed by atoms with Crippen molar-refractivity contribution in [1.82, 2.24) is 14.8 Å². The summed E-state index contributed by atoms with van der Waals surface area (Å²) >= 11 is 0. The number of nitrogens with one attached hydrogen (secondary N) is 1. The lowest BCUT2D eigenvalue weighted by Crippen LogP contribution is -2.56. The third-order valence-electron chi connectivity index (χ3n) is 4.42. The van der Waals surface area contributed by atoms with Crippen molar-refractivity contribution in [2.45, 2.75) is 31.8 Å². The number of amides is 1. The van der Waals surface area contributed by atoms with E-state index in [1.807, 2.05) is 24.1 Å². The second-order valence-electron chi connectivity index (χ2n) is 5.76. The minimum atomic E-state index is 0.0566. The van der Waals surface area contributed by atoms with Gasteiger partial charge in [0.15, 0.2) is 0 Å². The van der Waals surface area contributed by atoms with Gasteiger partial charge in [-0.3, -0.25) is 9.69 Å². The fourth-order valence-electron chi connectivity index (χ4n) is 3.31. The van der Waals surface area contributed by atoms with E-state index in [1.165, 1.54) is 19.4 Å². The lowest BCUT2D eigenvalue weighted by Gasteiger charge is -2.42. The highest BCUT2D eigenvalue weighted by atomic mass is 16.2. The largest absolute Gasteiger partial charge is 0.373 e. The van der Waals surface area contributed by atoms with Crippen LogP contribution < -0.4 is 5.32 Å². The molecule has 0 radical (unpaired) electrons. The molecular formula is C15H22N4O. The number of rotatable bonds is 2. The summed E-state index contributed by atoms with van der Waals surface area (Å²) in [5, 5.41) is 2.98. The number of pyridine rings is 1. The maximum Gasteiger partial charge on any atom is 0.272 e. The van der Waals surface area contributed by atoms with Gasteiger partial charge in [-0.1, -0.05) is 6.07 Å². The molecule has 1 N–H and O–H groups in total. The Labute approximate surface area is 120 Å². The SMILES string of the molecule is CNc1cccc(C(=O)N2CC3CCCN3CC2C)n1. The summed E-state index contributed by atoms with van der Waals surface area (Å²) in [6.07, 6.45) is 2.47. The van der Waals surface area contributed by atoms with Gasteiger partial charge in [-0.15, -0.1) is 0 Å². The Hall–Kier alpha value is -1.62. The van der Waals surface area contributed by atoms with Crippen LogP contribution in [0.15, 0.2) is 18.2 Å². The first kappa shape index (κ1) is 13.4. The average Bonchev–Trinajstić information content (AvgIpc) is 2.92. The van der Waals surface area contributed by atoms with Crippen LogP contribution in [-0.4, -0.2) is 59.5 Å². The molecule has 20 heavy (non-hydrogen) atoms. The lowest BCUT2D eigenvalue weighted by molar-refractivity contribution is 0.0390. The summed E-state index contributed by atoms with van der Waals surface area (Å²) < 4.78 is 0. The Bertz CT molecular complexity index is 504. The van der Waals surface area contributed by atoms with E-state index in [1.54, 1.807) is 6.07 Å². The van der Waals surface area contributed by atoms with Gasteiger partial charge in [0.25, 0.3) is 5.91 Å². The molecule has 2 unspecified atom stereocenters. The van der Waals surface area contributed by atoms with Gasteiger partial charge >= 0.3 is 0 Å². The fourth-order valence-corrected chi connectivity index (χ4v) is 3.31.